The third-order valence-corrected chi connectivity index (χ3v) is 0.663. The topological polar surface area (TPSA) is 117 Å². The van der Waals surface area contributed by atoms with Crippen molar-refractivity contribution in [2.45, 2.75) is 13.8 Å². The SMILES string of the molecule is CCNNCC.O=C(O)OOC(=O)O. The van der Waals surface area contributed by atoms with Crippen LogP contribution in [0, 0.1) is 0 Å². The second-order valence-corrected chi connectivity index (χ2v) is 1.76. The Kier molecular flexibility index (Phi) is 12.2. The summed E-state index contributed by atoms with van der Waals surface area (Å²) in [4.78, 5) is 24.8. The molecule has 0 heterocycles. The summed E-state index contributed by atoms with van der Waals surface area (Å²) in [6.07, 6.45) is -3.60. The summed E-state index contributed by atoms with van der Waals surface area (Å²) in [5.74, 6) is 0. The summed E-state index contributed by atoms with van der Waals surface area (Å²) in [7, 11) is 0. The smallest absolute Gasteiger partial charge is 0.447 e. The molecule has 8 heteroatoms. The molecule has 0 unspecified atom stereocenters. The Hall–Kier alpha value is -1.54. The number of rotatable bonds is 3. The highest BCUT2D eigenvalue weighted by Gasteiger charge is 2.01. The number of hydrogen-bond acceptors (Lipinski definition) is 6. The Morgan fingerprint density at radius 3 is 1.43 bits per heavy atom. The Labute approximate surface area is 80.7 Å². The molecule has 0 aromatic heterocycles. The van der Waals surface area contributed by atoms with Gasteiger partial charge in [0.1, 0.15) is 0 Å². The lowest BCUT2D eigenvalue weighted by Crippen LogP contribution is -2.30. The predicted octanol–water partition coefficient (Wildman–Crippen LogP) is 0.411. The van der Waals surface area contributed by atoms with Gasteiger partial charge in [-0.1, -0.05) is 13.8 Å². The predicted molar refractivity (Wildman–Crippen MR) is 45.6 cm³/mol. The zero-order chi connectivity index (χ0) is 11.4. The van der Waals surface area contributed by atoms with Crippen LogP contribution in [0.5, 0.6) is 0 Å². The van der Waals surface area contributed by atoms with Crippen molar-refractivity contribution in [1.29, 1.82) is 0 Å². The lowest BCUT2D eigenvalue weighted by atomic mass is 10.8. The Morgan fingerprint density at radius 1 is 1.00 bits per heavy atom. The third-order valence-electron chi connectivity index (χ3n) is 0.663. The zero-order valence-corrected chi connectivity index (χ0v) is 7.94. The minimum Gasteiger partial charge on any atom is -0.447 e. The van der Waals surface area contributed by atoms with E-state index < -0.39 is 12.3 Å². The summed E-state index contributed by atoms with van der Waals surface area (Å²) >= 11 is 0. The van der Waals surface area contributed by atoms with Crippen LogP contribution >= 0.6 is 0 Å². The highest BCUT2D eigenvalue weighted by Crippen LogP contribution is 1.78. The van der Waals surface area contributed by atoms with Crippen LogP contribution in [0.3, 0.4) is 0 Å². The Bertz CT molecular complexity index is 144. The molecule has 0 atom stereocenters. The van der Waals surface area contributed by atoms with E-state index in [1.807, 2.05) is 0 Å². The molecule has 0 rings (SSSR count). The number of hydrazine groups is 1. The fourth-order valence-corrected chi connectivity index (χ4v) is 0.321. The largest absolute Gasteiger partial charge is 0.547 e. The number of nitrogens with one attached hydrogen (secondary N) is 2. The molecule has 0 aliphatic carbocycles. The van der Waals surface area contributed by atoms with Crippen molar-refractivity contribution in [3.8, 4) is 0 Å². The van der Waals surface area contributed by atoms with Gasteiger partial charge in [0.05, 0.1) is 0 Å². The molecule has 4 N–H and O–H groups in total. The lowest BCUT2D eigenvalue weighted by molar-refractivity contribution is -0.208. The maximum absolute atomic E-state index is 9.29. The normalized spacial score (nSPS) is 8.14. The number of hydrogen-bond donors (Lipinski definition) is 4. The van der Waals surface area contributed by atoms with Crippen LogP contribution in [0.15, 0.2) is 0 Å². The highest BCUT2D eigenvalue weighted by molar-refractivity contribution is 5.60. The molecule has 0 aromatic rings. The fraction of sp³-hybridized carbons (Fsp3) is 0.667. The van der Waals surface area contributed by atoms with Gasteiger partial charge in [0.2, 0.25) is 0 Å². The van der Waals surface area contributed by atoms with Crippen LogP contribution in [-0.4, -0.2) is 35.6 Å². The Balaban J connectivity index is 0. The van der Waals surface area contributed by atoms with Gasteiger partial charge in [-0.15, -0.1) is 0 Å². The maximum atomic E-state index is 9.29. The van der Waals surface area contributed by atoms with E-state index in [4.69, 9.17) is 10.2 Å². The standard InChI is InChI=1S/C4H12N2.C2H2O6/c1-3-5-6-4-2;3-1(4)7-8-2(5)6/h5-6H,3-4H2,1-2H3;(H,3,4)(H,5,6). The molecule has 14 heavy (non-hydrogen) atoms. The van der Waals surface area contributed by atoms with Gasteiger partial charge >= 0.3 is 12.3 Å². The van der Waals surface area contributed by atoms with E-state index in [1.165, 1.54) is 0 Å². The van der Waals surface area contributed by atoms with E-state index in [2.05, 4.69) is 34.5 Å². The van der Waals surface area contributed by atoms with E-state index in [0.717, 1.165) is 13.1 Å². The van der Waals surface area contributed by atoms with E-state index in [1.54, 1.807) is 0 Å². The van der Waals surface area contributed by atoms with Crippen LogP contribution in [0.1, 0.15) is 13.8 Å². The molecule has 84 valence electrons. The lowest BCUT2D eigenvalue weighted by Gasteiger charge is -1.95. The second kappa shape index (κ2) is 11.5. The molecule has 0 saturated carbocycles. The van der Waals surface area contributed by atoms with Crippen molar-refractivity contribution < 1.29 is 29.6 Å². The molecule has 0 aromatic carbocycles. The van der Waals surface area contributed by atoms with Crippen molar-refractivity contribution >= 4 is 12.3 Å². The molecule has 0 saturated heterocycles. The van der Waals surface area contributed by atoms with Gasteiger partial charge in [-0.05, 0) is 0 Å². The van der Waals surface area contributed by atoms with E-state index in [9.17, 15) is 9.59 Å². The van der Waals surface area contributed by atoms with E-state index in [-0.39, 0.29) is 0 Å². The highest BCUT2D eigenvalue weighted by atomic mass is 17.2. The molecule has 0 amide bonds. The van der Waals surface area contributed by atoms with Gasteiger partial charge in [-0.25, -0.2) is 19.4 Å². The fourth-order valence-electron chi connectivity index (χ4n) is 0.321. The van der Waals surface area contributed by atoms with Gasteiger partial charge in [-0.3, -0.25) is 10.9 Å². The average molecular weight is 210 g/mol. The molecule has 0 aliphatic rings. The summed E-state index contributed by atoms with van der Waals surface area (Å²) in [5.41, 5.74) is 5.90. The summed E-state index contributed by atoms with van der Waals surface area (Å²) in [5, 5.41) is 15.1. The minimum atomic E-state index is -1.80. The minimum absolute atomic E-state index is 0.994. The van der Waals surface area contributed by atoms with Crippen molar-refractivity contribution in [3.05, 3.63) is 0 Å². The average Bonchev–Trinajstić information content (AvgIpc) is 2.12. The van der Waals surface area contributed by atoms with E-state index in [0.29, 0.717) is 0 Å². The summed E-state index contributed by atoms with van der Waals surface area (Å²) in [6.45, 7) is 6.10. The molecule has 0 bridgehead atoms. The molecule has 8 nitrogen and oxygen atoms in total. The van der Waals surface area contributed by atoms with Gasteiger partial charge < -0.3 is 10.2 Å². The van der Waals surface area contributed by atoms with Crippen molar-refractivity contribution in [2.24, 2.45) is 0 Å². The first-order valence-corrected chi connectivity index (χ1v) is 3.80. The van der Waals surface area contributed by atoms with Crippen LogP contribution in [0.4, 0.5) is 9.59 Å². The first-order chi connectivity index (χ1) is 6.54. The van der Waals surface area contributed by atoms with Crippen LogP contribution in [-0.2, 0) is 9.78 Å². The molecule has 0 spiro atoms. The first-order valence-electron chi connectivity index (χ1n) is 3.80. The third kappa shape index (κ3) is 22.4. The number of carboxylic acid groups (broad SMARTS) is 2. The van der Waals surface area contributed by atoms with Crippen molar-refractivity contribution in [2.75, 3.05) is 13.1 Å². The van der Waals surface area contributed by atoms with Crippen molar-refractivity contribution in [1.82, 2.24) is 10.9 Å². The monoisotopic (exact) mass is 210 g/mol. The van der Waals surface area contributed by atoms with Gasteiger partial charge in [0.15, 0.2) is 0 Å². The number of carbonyl (C=O) groups is 2. The molecule has 0 radical (unpaired) electrons. The Morgan fingerprint density at radius 2 is 1.29 bits per heavy atom. The maximum Gasteiger partial charge on any atom is 0.547 e. The zero-order valence-electron chi connectivity index (χ0n) is 7.94. The summed E-state index contributed by atoms with van der Waals surface area (Å²) in [6, 6.07) is 0. The van der Waals surface area contributed by atoms with Gasteiger partial charge in [-0.2, -0.15) is 0 Å². The quantitative estimate of drug-likeness (QED) is 0.300. The van der Waals surface area contributed by atoms with E-state index >= 15 is 0 Å². The first kappa shape index (κ1) is 15.0. The van der Waals surface area contributed by atoms with Crippen LogP contribution < -0.4 is 10.9 Å². The summed E-state index contributed by atoms with van der Waals surface area (Å²) < 4.78 is 0. The molecule has 0 aliphatic heterocycles. The van der Waals surface area contributed by atoms with Gasteiger partial charge in [0, 0.05) is 13.1 Å². The molecular weight excluding hydrogens is 196 g/mol. The van der Waals surface area contributed by atoms with Gasteiger partial charge in [0.25, 0.3) is 0 Å². The molecule has 0 fully saturated rings. The van der Waals surface area contributed by atoms with Crippen LogP contribution in [0.2, 0.25) is 0 Å². The second-order valence-electron chi connectivity index (χ2n) is 1.76. The van der Waals surface area contributed by atoms with Crippen LogP contribution in [0.25, 0.3) is 0 Å². The molecular formula is C6H14N2O6. The van der Waals surface area contributed by atoms with Crippen molar-refractivity contribution in [3.63, 3.8) is 0 Å².